The molecule has 1 N–H and O–H groups in total. The molecule has 3 nitrogen and oxygen atoms in total. The topological polar surface area (TPSA) is 38.7 Å². The molecule has 0 bridgehead atoms. The predicted molar refractivity (Wildman–Crippen MR) is 61.2 cm³/mol. The fourth-order valence-electron chi connectivity index (χ4n) is 1.62. The summed E-state index contributed by atoms with van der Waals surface area (Å²) < 4.78 is 10.8. The highest BCUT2D eigenvalue weighted by Gasteiger charge is 2.15. The summed E-state index contributed by atoms with van der Waals surface area (Å²) >= 11 is 0. The molecular formula is C13H16O3. The summed E-state index contributed by atoms with van der Waals surface area (Å²) in [6, 6.07) is 9.59. The summed E-state index contributed by atoms with van der Waals surface area (Å²) in [6.45, 7) is 1.18. The van der Waals surface area contributed by atoms with Crippen molar-refractivity contribution < 1.29 is 14.6 Å². The fourth-order valence-corrected chi connectivity index (χ4v) is 1.62. The van der Waals surface area contributed by atoms with Gasteiger partial charge in [0, 0.05) is 12.8 Å². The van der Waals surface area contributed by atoms with Crippen LogP contribution in [0.1, 0.15) is 12.8 Å². The molecule has 1 aliphatic heterocycles. The average Bonchev–Trinajstić information content (AvgIpc) is 2.84. The SMILES string of the molecule is OC(CCOc1ccccc1)C1=CCCO1. The molecule has 0 spiro atoms. The minimum atomic E-state index is -0.536. The average molecular weight is 220 g/mol. The van der Waals surface area contributed by atoms with E-state index in [0.29, 0.717) is 25.4 Å². The Hall–Kier alpha value is -1.48. The van der Waals surface area contributed by atoms with Crippen molar-refractivity contribution in [1.82, 2.24) is 0 Å². The van der Waals surface area contributed by atoms with Gasteiger partial charge < -0.3 is 14.6 Å². The third-order valence-corrected chi connectivity index (χ3v) is 2.46. The van der Waals surface area contributed by atoms with Crippen LogP contribution in [0.2, 0.25) is 0 Å². The van der Waals surface area contributed by atoms with Crippen LogP contribution in [0, 0.1) is 0 Å². The van der Waals surface area contributed by atoms with E-state index in [0.717, 1.165) is 12.2 Å². The minimum absolute atomic E-state index is 0.492. The van der Waals surface area contributed by atoms with Crippen LogP contribution in [-0.2, 0) is 4.74 Å². The second-order valence-electron chi connectivity index (χ2n) is 3.71. The maximum Gasteiger partial charge on any atom is 0.121 e. The van der Waals surface area contributed by atoms with Crippen molar-refractivity contribution >= 4 is 0 Å². The van der Waals surface area contributed by atoms with E-state index in [2.05, 4.69) is 0 Å². The molecule has 0 radical (unpaired) electrons. The van der Waals surface area contributed by atoms with E-state index >= 15 is 0 Å². The van der Waals surface area contributed by atoms with Crippen LogP contribution in [0.4, 0.5) is 0 Å². The quantitative estimate of drug-likeness (QED) is 0.826. The van der Waals surface area contributed by atoms with Crippen LogP contribution < -0.4 is 4.74 Å². The largest absolute Gasteiger partial charge is 0.495 e. The van der Waals surface area contributed by atoms with Crippen LogP contribution in [-0.4, -0.2) is 24.4 Å². The molecule has 16 heavy (non-hydrogen) atoms. The van der Waals surface area contributed by atoms with Crippen molar-refractivity contribution in [2.75, 3.05) is 13.2 Å². The zero-order chi connectivity index (χ0) is 11.2. The minimum Gasteiger partial charge on any atom is -0.495 e. The maximum atomic E-state index is 9.75. The summed E-state index contributed by atoms with van der Waals surface area (Å²) in [5.74, 6) is 1.52. The number of hydrogen-bond acceptors (Lipinski definition) is 3. The number of para-hydroxylation sites is 1. The van der Waals surface area contributed by atoms with E-state index in [-0.39, 0.29) is 0 Å². The first-order valence-corrected chi connectivity index (χ1v) is 5.55. The van der Waals surface area contributed by atoms with Crippen molar-refractivity contribution in [1.29, 1.82) is 0 Å². The zero-order valence-corrected chi connectivity index (χ0v) is 9.13. The molecule has 1 heterocycles. The third-order valence-electron chi connectivity index (χ3n) is 2.46. The molecule has 1 unspecified atom stereocenters. The van der Waals surface area contributed by atoms with Crippen molar-refractivity contribution in [3.63, 3.8) is 0 Å². The van der Waals surface area contributed by atoms with Gasteiger partial charge in [0.25, 0.3) is 0 Å². The van der Waals surface area contributed by atoms with Crippen LogP contribution in [0.25, 0.3) is 0 Å². The van der Waals surface area contributed by atoms with Crippen LogP contribution in [0.3, 0.4) is 0 Å². The molecule has 1 aromatic rings. The Kier molecular flexibility index (Phi) is 3.83. The highest BCUT2D eigenvalue weighted by molar-refractivity contribution is 5.20. The Morgan fingerprint density at radius 2 is 2.12 bits per heavy atom. The summed E-state index contributed by atoms with van der Waals surface area (Å²) in [4.78, 5) is 0. The Labute approximate surface area is 95.3 Å². The Balaban J connectivity index is 1.72. The number of rotatable bonds is 5. The van der Waals surface area contributed by atoms with Gasteiger partial charge in [-0.2, -0.15) is 0 Å². The predicted octanol–water partition coefficient (Wildman–Crippen LogP) is 2.12. The molecular weight excluding hydrogens is 204 g/mol. The van der Waals surface area contributed by atoms with Gasteiger partial charge in [-0.1, -0.05) is 18.2 Å². The molecule has 0 aromatic heterocycles. The number of ether oxygens (including phenoxy) is 2. The summed E-state index contributed by atoms with van der Waals surface area (Å²) in [5.41, 5.74) is 0. The summed E-state index contributed by atoms with van der Waals surface area (Å²) in [6.07, 6.45) is 2.85. The van der Waals surface area contributed by atoms with Crippen molar-refractivity contribution in [3.05, 3.63) is 42.2 Å². The van der Waals surface area contributed by atoms with Crippen LogP contribution in [0.15, 0.2) is 42.2 Å². The molecule has 0 aliphatic carbocycles. The maximum absolute atomic E-state index is 9.75. The van der Waals surface area contributed by atoms with Gasteiger partial charge in [-0.25, -0.2) is 0 Å². The summed E-state index contributed by atoms with van der Waals surface area (Å²) in [7, 11) is 0. The molecule has 0 saturated heterocycles. The summed E-state index contributed by atoms with van der Waals surface area (Å²) in [5, 5.41) is 9.75. The fraction of sp³-hybridized carbons (Fsp3) is 0.385. The first-order valence-electron chi connectivity index (χ1n) is 5.55. The van der Waals surface area contributed by atoms with Crippen LogP contribution >= 0.6 is 0 Å². The normalized spacial score (nSPS) is 16.4. The lowest BCUT2D eigenvalue weighted by Gasteiger charge is -2.12. The van der Waals surface area contributed by atoms with Gasteiger partial charge in [0.15, 0.2) is 0 Å². The van der Waals surface area contributed by atoms with Gasteiger partial charge in [0.1, 0.15) is 17.6 Å². The monoisotopic (exact) mass is 220 g/mol. The third kappa shape index (κ3) is 3.00. The number of hydrogen-bond donors (Lipinski definition) is 1. The second-order valence-corrected chi connectivity index (χ2v) is 3.71. The molecule has 1 aromatic carbocycles. The highest BCUT2D eigenvalue weighted by atomic mass is 16.5. The standard InChI is InChI=1S/C13H16O3/c14-12(13-7-4-9-16-13)8-10-15-11-5-2-1-3-6-11/h1-3,5-7,12,14H,4,8-10H2. The molecule has 2 rings (SSSR count). The van der Waals surface area contributed by atoms with Crippen molar-refractivity contribution in [2.45, 2.75) is 18.9 Å². The first-order chi connectivity index (χ1) is 7.86. The molecule has 0 amide bonds. The number of benzene rings is 1. The lowest BCUT2D eigenvalue weighted by molar-refractivity contribution is 0.0988. The first kappa shape index (κ1) is 11.0. The zero-order valence-electron chi connectivity index (χ0n) is 9.13. The lowest BCUT2D eigenvalue weighted by Crippen LogP contribution is -2.15. The number of aliphatic hydroxyl groups excluding tert-OH is 1. The van der Waals surface area contributed by atoms with E-state index in [1.807, 2.05) is 36.4 Å². The molecule has 86 valence electrons. The van der Waals surface area contributed by atoms with E-state index in [9.17, 15) is 5.11 Å². The molecule has 1 atom stereocenters. The Morgan fingerprint density at radius 1 is 1.31 bits per heavy atom. The van der Waals surface area contributed by atoms with E-state index in [1.165, 1.54) is 0 Å². The van der Waals surface area contributed by atoms with Gasteiger partial charge >= 0.3 is 0 Å². The van der Waals surface area contributed by atoms with Crippen molar-refractivity contribution in [3.8, 4) is 5.75 Å². The van der Waals surface area contributed by atoms with E-state index < -0.39 is 6.10 Å². The van der Waals surface area contributed by atoms with Gasteiger partial charge in [-0.15, -0.1) is 0 Å². The van der Waals surface area contributed by atoms with E-state index in [4.69, 9.17) is 9.47 Å². The Bertz CT molecular complexity index is 345. The Morgan fingerprint density at radius 3 is 2.81 bits per heavy atom. The van der Waals surface area contributed by atoms with Gasteiger partial charge in [0.05, 0.1) is 13.2 Å². The molecule has 3 heteroatoms. The van der Waals surface area contributed by atoms with E-state index in [1.54, 1.807) is 0 Å². The highest BCUT2D eigenvalue weighted by Crippen LogP contribution is 2.16. The smallest absolute Gasteiger partial charge is 0.121 e. The van der Waals surface area contributed by atoms with Gasteiger partial charge in [-0.05, 0) is 18.2 Å². The lowest BCUT2D eigenvalue weighted by atomic mass is 10.2. The van der Waals surface area contributed by atoms with Gasteiger partial charge in [-0.3, -0.25) is 0 Å². The number of aliphatic hydroxyl groups is 1. The van der Waals surface area contributed by atoms with Crippen LogP contribution in [0.5, 0.6) is 5.75 Å². The second kappa shape index (κ2) is 5.56. The van der Waals surface area contributed by atoms with Crippen molar-refractivity contribution in [2.24, 2.45) is 0 Å². The van der Waals surface area contributed by atoms with Gasteiger partial charge in [0.2, 0.25) is 0 Å². The molecule has 1 aliphatic rings. The molecule has 0 fully saturated rings. The molecule has 0 saturated carbocycles.